The Morgan fingerprint density at radius 1 is 1.10 bits per heavy atom. The van der Waals surface area contributed by atoms with Crippen LogP contribution in [-0.4, -0.2) is 78.7 Å². The molecule has 11 heteroatoms. The van der Waals surface area contributed by atoms with Crippen LogP contribution in [0.2, 0.25) is 0 Å². The molecule has 210 valence electrons. The number of ether oxygens (including phenoxy) is 2. The Kier molecular flexibility index (Phi) is 6.59. The van der Waals surface area contributed by atoms with Gasteiger partial charge in [-0.1, -0.05) is 18.2 Å². The number of hydrogen-bond acceptors (Lipinski definition) is 4. The van der Waals surface area contributed by atoms with E-state index in [2.05, 4.69) is 4.98 Å². The minimum atomic E-state index is -4.22. The Morgan fingerprint density at radius 2 is 1.79 bits per heavy atom. The number of rotatable bonds is 7. The molecule has 0 saturated carbocycles. The first-order chi connectivity index (χ1) is 18.5. The summed E-state index contributed by atoms with van der Waals surface area (Å²) in [7, 11) is 0. The highest BCUT2D eigenvalue weighted by Gasteiger charge is 2.48. The first kappa shape index (κ1) is 26.5. The zero-order valence-corrected chi connectivity index (χ0v) is 21.3. The number of aromatic amines is 1. The second-order valence-corrected chi connectivity index (χ2v) is 11.0. The van der Waals surface area contributed by atoms with Gasteiger partial charge in [-0.05, 0) is 25.0 Å². The molecular formula is C28H29F6N3O2. The van der Waals surface area contributed by atoms with E-state index in [0.29, 0.717) is 12.1 Å². The maximum Gasteiger partial charge on any atom is 0.394 e. The average Bonchev–Trinajstić information content (AvgIpc) is 3.18. The number of likely N-dealkylation sites (tertiary alicyclic amines) is 1. The van der Waals surface area contributed by atoms with Crippen molar-refractivity contribution in [3.05, 3.63) is 64.9 Å². The van der Waals surface area contributed by atoms with Crippen molar-refractivity contribution in [3.8, 4) is 5.75 Å². The Labute approximate surface area is 221 Å². The van der Waals surface area contributed by atoms with Crippen LogP contribution in [0.25, 0.3) is 10.9 Å². The number of nitrogens with zero attached hydrogens (tertiary/aromatic N) is 2. The van der Waals surface area contributed by atoms with Crippen LogP contribution in [0, 0.1) is 17.6 Å². The average molecular weight is 554 g/mol. The Hall–Kier alpha value is -2.76. The Balaban J connectivity index is 1.27. The van der Waals surface area contributed by atoms with Crippen LogP contribution in [0.3, 0.4) is 0 Å². The first-order valence-electron chi connectivity index (χ1n) is 13.0. The molecule has 0 unspecified atom stereocenters. The normalized spacial score (nSPS) is 23.9. The quantitative estimate of drug-likeness (QED) is 0.399. The molecule has 39 heavy (non-hydrogen) atoms. The van der Waals surface area contributed by atoms with Gasteiger partial charge in [0.05, 0.1) is 25.2 Å². The van der Waals surface area contributed by atoms with Gasteiger partial charge in [0.15, 0.2) is 5.67 Å². The summed E-state index contributed by atoms with van der Waals surface area (Å²) in [4.78, 5) is 6.71. The number of fused-ring (bicyclic) bond motifs is 3. The van der Waals surface area contributed by atoms with Gasteiger partial charge in [0.1, 0.15) is 24.0 Å². The highest BCUT2D eigenvalue weighted by molar-refractivity contribution is 5.85. The molecule has 1 aromatic heterocycles. The fourth-order valence-electron chi connectivity index (χ4n) is 5.96. The van der Waals surface area contributed by atoms with E-state index in [4.69, 9.17) is 9.47 Å². The lowest BCUT2D eigenvalue weighted by Crippen LogP contribution is -2.57. The van der Waals surface area contributed by atoms with Gasteiger partial charge in [0.25, 0.3) is 0 Å². The van der Waals surface area contributed by atoms with E-state index in [1.54, 1.807) is 9.80 Å². The van der Waals surface area contributed by atoms with E-state index < -0.39 is 35.4 Å². The minimum absolute atomic E-state index is 0.00801. The smallest absolute Gasteiger partial charge is 0.394 e. The molecule has 4 heterocycles. The number of hydrogen-bond donors (Lipinski definition) is 1. The van der Waals surface area contributed by atoms with Crippen molar-refractivity contribution >= 4 is 10.9 Å². The summed E-state index contributed by atoms with van der Waals surface area (Å²) in [5.41, 5.74) is 0.600. The van der Waals surface area contributed by atoms with Crippen molar-refractivity contribution in [2.45, 2.75) is 37.3 Å². The van der Waals surface area contributed by atoms with Gasteiger partial charge >= 0.3 is 6.18 Å². The number of alkyl halides is 4. The van der Waals surface area contributed by atoms with Crippen molar-refractivity contribution < 1.29 is 35.8 Å². The van der Waals surface area contributed by atoms with Crippen LogP contribution in [-0.2, 0) is 11.2 Å². The number of nitrogens with one attached hydrogen (secondary N) is 1. The molecule has 6 rings (SSSR count). The largest absolute Gasteiger partial charge is 0.492 e. The van der Waals surface area contributed by atoms with Crippen LogP contribution in [0.4, 0.5) is 26.3 Å². The molecule has 3 aliphatic rings. The number of aromatic nitrogens is 1. The predicted molar refractivity (Wildman–Crippen MR) is 133 cm³/mol. The van der Waals surface area contributed by atoms with Crippen LogP contribution in [0.15, 0.2) is 36.4 Å². The summed E-state index contributed by atoms with van der Waals surface area (Å²) in [6.07, 6.45) is -3.63. The maximum absolute atomic E-state index is 15.7. The number of halogens is 6. The van der Waals surface area contributed by atoms with Crippen LogP contribution >= 0.6 is 0 Å². The Bertz CT molecular complexity index is 1340. The lowest BCUT2D eigenvalue weighted by Gasteiger charge is -2.46. The second-order valence-electron chi connectivity index (χ2n) is 11.0. The molecule has 3 aromatic rings. The monoisotopic (exact) mass is 553 g/mol. The minimum Gasteiger partial charge on any atom is -0.492 e. The van der Waals surface area contributed by atoms with Crippen LogP contribution in [0.1, 0.15) is 29.8 Å². The van der Waals surface area contributed by atoms with E-state index in [1.165, 1.54) is 0 Å². The summed E-state index contributed by atoms with van der Waals surface area (Å²) >= 11 is 0. The van der Waals surface area contributed by atoms with E-state index in [0.717, 1.165) is 28.6 Å². The van der Waals surface area contributed by atoms with Gasteiger partial charge in [-0.15, -0.1) is 0 Å². The molecular weight excluding hydrogens is 524 g/mol. The summed E-state index contributed by atoms with van der Waals surface area (Å²) in [6, 6.07) is 8.70. The van der Waals surface area contributed by atoms with Crippen molar-refractivity contribution in [1.29, 1.82) is 0 Å². The molecule has 0 bridgehead atoms. The molecule has 0 spiro atoms. The van der Waals surface area contributed by atoms with Gasteiger partial charge in [0.2, 0.25) is 0 Å². The standard InChI is InChI=1S/C28H29F6N3O2/c1-16-8-20-19-4-2-3-5-23(19)35-25(20)26(37(16)13-27(31)14-38-15-27)24-21(29)9-18(10-22(24)30)39-7-6-36-11-17(12-36)28(32,33)34/h2-5,9-10,16-17,26,35H,6-8,11-15H2,1H3/t16-,26-/m1/s1. The van der Waals surface area contributed by atoms with Gasteiger partial charge in [0, 0.05) is 66.5 Å². The topological polar surface area (TPSA) is 40.7 Å². The van der Waals surface area contributed by atoms with Crippen molar-refractivity contribution in [2.75, 3.05) is 46.0 Å². The zero-order valence-electron chi connectivity index (χ0n) is 21.3. The van der Waals surface area contributed by atoms with Crippen LogP contribution < -0.4 is 4.74 Å². The molecule has 0 amide bonds. The molecule has 2 atom stereocenters. The fourth-order valence-corrected chi connectivity index (χ4v) is 5.96. The summed E-state index contributed by atoms with van der Waals surface area (Å²) in [6.45, 7) is 1.72. The summed E-state index contributed by atoms with van der Waals surface area (Å²) in [5, 5.41) is 0.963. The molecule has 5 nitrogen and oxygen atoms in total. The molecule has 2 aromatic carbocycles. The van der Waals surface area contributed by atoms with Gasteiger partial charge in [-0.25, -0.2) is 13.2 Å². The highest BCUT2D eigenvalue weighted by atomic mass is 19.4. The van der Waals surface area contributed by atoms with E-state index in [-0.39, 0.29) is 63.4 Å². The lowest BCUT2D eigenvalue weighted by atomic mass is 9.86. The third kappa shape index (κ3) is 4.89. The number of benzene rings is 2. The van der Waals surface area contributed by atoms with Crippen molar-refractivity contribution in [3.63, 3.8) is 0 Å². The van der Waals surface area contributed by atoms with Gasteiger partial charge in [-0.2, -0.15) is 13.2 Å². The Morgan fingerprint density at radius 3 is 2.44 bits per heavy atom. The molecule has 1 N–H and O–H groups in total. The molecule has 2 fully saturated rings. The van der Waals surface area contributed by atoms with Crippen molar-refractivity contribution in [1.82, 2.24) is 14.8 Å². The predicted octanol–water partition coefficient (Wildman–Crippen LogP) is 5.39. The fraction of sp³-hybridized carbons (Fsp3) is 0.500. The highest BCUT2D eigenvalue weighted by Crippen LogP contribution is 2.44. The third-order valence-corrected chi connectivity index (χ3v) is 8.13. The van der Waals surface area contributed by atoms with Gasteiger partial charge in [-0.3, -0.25) is 9.80 Å². The SMILES string of the molecule is C[C@@H]1Cc2c([nH]c3ccccc23)[C@@H](c2c(F)cc(OCCN3CC(C(F)(F)F)C3)cc2F)N1CC1(F)COC1. The maximum atomic E-state index is 15.7. The first-order valence-corrected chi connectivity index (χ1v) is 13.0. The van der Waals surface area contributed by atoms with Crippen LogP contribution in [0.5, 0.6) is 5.75 Å². The second kappa shape index (κ2) is 9.71. The van der Waals surface area contributed by atoms with E-state index >= 15 is 13.2 Å². The number of H-pyrrole nitrogens is 1. The summed E-state index contributed by atoms with van der Waals surface area (Å²) < 4.78 is 95.3. The summed E-state index contributed by atoms with van der Waals surface area (Å²) in [5.74, 6) is -3.07. The molecule has 2 saturated heterocycles. The van der Waals surface area contributed by atoms with E-state index in [1.807, 2.05) is 31.2 Å². The van der Waals surface area contributed by atoms with Crippen molar-refractivity contribution in [2.24, 2.45) is 5.92 Å². The lowest BCUT2D eigenvalue weighted by molar-refractivity contribution is -0.209. The number of para-hydroxylation sites is 1. The van der Waals surface area contributed by atoms with Gasteiger partial charge < -0.3 is 14.5 Å². The third-order valence-electron chi connectivity index (χ3n) is 8.13. The molecule has 0 radical (unpaired) electrons. The zero-order chi connectivity index (χ0) is 27.5. The molecule has 3 aliphatic heterocycles. The molecule has 0 aliphatic carbocycles. The van der Waals surface area contributed by atoms with E-state index in [9.17, 15) is 13.2 Å².